The van der Waals surface area contributed by atoms with Crippen LogP contribution in [0.2, 0.25) is 5.02 Å². The Morgan fingerprint density at radius 1 is 1.18 bits per heavy atom. The molecule has 0 aromatic heterocycles. The summed E-state index contributed by atoms with van der Waals surface area (Å²) in [6.45, 7) is 6.36. The number of benzene rings is 1. The summed E-state index contributed by atoms with van der Waals surface area (Å²) in [5, 5.41) is 14.5. The highest BCUT2D eigenvalue weighted by atomic mass is 35.5. The molecule has 0 fully saturated rings. The Labute approximate surface area is 109 Å². The van der Waals surface area contributed by atoms with Gasteiger partial charge in [-0.2, -0.15) is 0 Å². The molecule has 3 heteroatoms. The third-order valence-electron chi connectivity index (χ3n) is 3.14. The van der Waals surface area contributed by atoms with Crippen LogP contribution < -0.4 is 5.32 Å². The van der Waals surface area contributed by atoms with Gasteiger partial charge in [-0.05, 0) is 37.5 Å². The monoisotopic (exact) mass is 255 g/mol. The number of aliphatic hydroxyl groups is 1. The Kier molecular flexibility index (Phi) is 5.96. The van der Waals surface area contributed by atoms with Crippen LogP contribution >= 0.6 is 11.6 Å². The zero-order valence-electron chi connectivity index (χ0n) is 10.8. The predicted molar refractivity (Wildman–Crippen MR) is 73.4 cm³/mol. The number of hydrogen-bond donors (Lipinski definition) is 2. The van der Waals surface area contributed by atoms with Gasteiger partial charge in [0.2, 0.25) is 0 Å². The van der Waals surface area contributed by atoms with Crippen molar-refractivity contribution >= 4 is 11.6 Å². The van der Waals surface area contributed by atoms with E-state index in [2.05, 4.69) is 26.1 Å². The normalized spacial score (nSPS) is 16.5. The van der Waals surface area contributed by atoms with Crippen molar-refractivity contribution in [1.29, 1.82) is 0 Å². The number of hydrogen-bond acceptors (Lipinski definition) is 2. The number of rotatable bonds is 6. The summed E-state index contributed by atoms with van der Waals surface area (Å²) in [5.41, 5.74) is 0.914. The van der Waals surface area contributed by atoms with Gasteiger partial charge < -0.3 is 10.4 Å². The minimum atomic E-state index is -0.480. The minimum Gasteiger partial charge on any atom is -0.387 e. The molecule has 0 radical (unpaired) electrons. The van der Waals surface area contributed by atoms with E-state index < -0.39 is 6.10 Å². The standard InChI is InChI=1S/C14H22ClNO/c1-4-10(3)16-13(5-2)14(17)11-6-8-12(15)9-7-11/h6-10,13-14,16-17H,4-5H2,1-3H3. The van der Waals surface area contributed by atoms with E-state index in [-0.39, 0.29) is 6.04 Å². The molecule has 0 bridgehead atoms. The first-order valence-electron chi connectivity index (χ1n) is 6.28. The Morgan fingerprint density at radius 2 is 1.76 bits per heavy atom. The minimum absolute atomic E-state index is 0.0890. The fourth-order valence-corrected chi connectivity index (χ4v) is 1.93. The fourth-order valence-electron chi connectivity index (χ4n) is 1.81. The van der Waals surface area contributed by atoms with Gasteiger partial charge in [0.1, 0.15) is 0 Å². The van der Waals surface area contributed by atoms with Crippen molar-refractivity contribution in [3.63, 3.8) is 0 Å². The molecule has 0 aliphatic heterocycles. The van der Waals surface area contributed by atoms with Crippen LogP contribution in [-0.4, -0.2) is 17.2 Å². The number of nitrogens with one attached hydrogen (secondary N) is 1. The summed E-state index contributed by atoms with van der Waals surface area (Å²) >= 11 is 5.84. The average Bonchev–Trinajstić information content (AvgIpc) is 2.35. The zero-order valence-corrected chi connectivity index (χ0v) is 11.5. The van der Waals surface area contributed by atoms with Gasteiger partial charge in [0, 0.05) is 17.1 Å². The molecule has 3 atom stereocenters. The van der Waals surface area contributed by atoms with E-state index in [4.69, 9.17) is 11.6 Å². The average molecular weight is 256 g/mol. The molecule has 0 saturated carbocycles. The predicted octanol–water partition coefficient (Wildman–Crippen LogP) is 3.54. The number of aliphatic hydroxyl groups excluding tert-OH is 1. The Hall–Kier alpha value is -0.570. The summed E-state index contributed by atoms with van der Waals surface area (Å²) in [4.78, 5) is 0. The highest BCUT2D eigenvalue weighted by Crippen LogP contribution is 2.21. The number of halogens is 1. The van der Waals surface area contributed by atoms with Gasteiger partial charge in [-0.1, -0.05) is 37.6 Å². The quantitative estimate of drug-likeness (QED) is 0.815. The van der Waals surface area contributed by atoms with Crippen LogP contribution in [0.25, 0.3) is 0 Å². The maximum Gasteiger partial charge on any atom is 0.0942 e. The molecule has 1 aromatic carbocycles. The Balaban J connectivity index is 2.71. The molecule has 0 heterocycles. The van der Waals surface area contributed by atoms with Gasteiger partial charge in [-0.3, -0.25) is 0 Å². The van der Waals surface area contributed by atoms with Crippen molar-refractivity contribution < 1.29 is 5.11 Å². The molecule has 0 amide bonds. The summed E-state index contributed by atoms with van der Waals surface area (Å²) < 4.78 is 0. The summed E-state index contributed by atoms with van der Waals surface area (Å²) in [7, 11) is 0. The van der Waals surface area contributed by atoms with Gasteiger partial charge in [0.15, 0.2) is 0 Å². The molecule has 3 unspecified atom stereocenters. The van der Waals surface area contributed by atoms with Gasteiger partial charge in [-0.15, -0.1) is 0 Å². The van der Waals surface area contributed by atoms with Crippen LogP contribution in [0, 0.1) is 0 Å². The second kappa shape index (κ2) is 7.00. The summed E-state index contributed by atoms with van der Waals surface area (Å²) in [6, 6.07) is 7.90. The fraction of sp³-hybridized carbons (Fsp3) is 0.571. The molecule has 0 aliphatic carbocycles. The van der Waals surface area contributed by atoms with E-state index >= 15 is 0 Å². The molecule has 2 N–H and O–H groups in total. The van der Waals surface area contributed by atoms with E-state index in [0.29, 0.717) is 11.1 Å². The zero-order chi connectivity index (χ0) is 12.8. The van der Waals surface area contributed by atoms with E-state index in [9.17, 15) is 5.11 Å². The van der Waals surface area contributed by atoms with Crippen LogP contribution in [0.5, 0.6) is 0 Å². The topological polar surface area (TPSA) is 32.3 Å². The van der Waals surface area contributed by atoms with E-state index in [0.717, 1.165) is 18.4 Å². The van der Waals surface area contributed by atoms with Crippen LogP contribution in [0.3, 0.4) is 0 Å². The van der Waals surface area contributed by atoms with Crippen LogP contribution in [-0.2, 0) is 0 Å². The van der Waals surface area contributed by atoms with Gasteiger partial charge in [-0.25, -0.2) is 0 Å². The third-order valence-corrected chi connectivity index (χ3v) is 3.40. The van der Waals surface area contributed by atoms with Crippen molar-refractivity contribution in [2.24, 2.45) is 0 Å². The van der Waals surface area contributed by atoms with E-state index in [1.54, 1.807) is 0 Å². The van der Waals surface area contributed by atoms with Crippen LogP contribution in [0.15, 0.2) is 24.3 Å². The SMILES string of the molecule is CCC(C)NC(CC)C(O)c1ccc(Cl)cc1. The first-order valence-corrected chi connectivity index (χ1v) is 6.65. The summed E-state index contributed by atoms with van der Waals surface area (Å²) in [6.07, 6.45) is 1.48. The molecular weight excluding hydrogens is 234 g/mol. The molecule has 2 nitrogen and oxygen atoms in total. The van der Waals surface area contributed by atoms with Crippen molar-refractivity contribution in [3.8, 4) is 0 Å². The smallest absolute Gasteiger partial charge is 0.0942 e. The van der Waals surface area contributed by atoms with Crippen molar-refractivity contribution in [1.82, 2.24) is 5.32 Å². The molecule has 1 rings (SSSR count). The molecule has 0 spiro atoms. The van der Waals surface area contributed by atoms with E-state index in [1.807, 2.05) is 24.3 Å². The van der Waals surface area contributed by atoms with Crippen molar-refractivity contribution in [3.05, 3.63) is 34.9 Å². The molecule has 0 saturated heterocycles. The van der Waals surface area contributed by atoms with Crippen LogP contribution in [0.1, 0.15) is 45.3 Å². The Bertz CT molecular complexity index is 325. The van der Waals surface area contributed by atoms with Crippen molar-refractivity contribution in [2.45, 2.75) is 51.8 Å². The maximum atomic E-state index is 10.3. The van der Waals surface area contributed by atoms with Gasteiger partial charge >= 0.3 is 0 Å². The lowest BCUT2D eigenvalue weighted by molar-refractivity contribution is 0.120. The van der Waals surface area contributed by atoms with Gasteiger partial charge in [0.05, 0.1) is 6.10 Å². The van der Waals surface area contributed by atoms with Crippen molar-refractivity contribution in [2.75, 3.05) is 0 Å². The van der Waals surface area contributed by atoms with E-state index in [1.165, 1.54) is 0 Å². The van der Waals surface area contributed by atoms with Gasteiger partial charge in [0.25, 0.3) is 0 Å². The highest BCUT2D eigenvalue weighted by Gasteiger charge is 2.20. The second-order valence-corrected chi connectivity index (χ2v) is 4.92. The largest absolute Gasteiger partial charge is 0.387 e. The molecule has 0 aliphatic rings. The molecular formula is C14H22ClNO. The maximum absolute atomic E-state index is 10.3. The first-order chi connectivity index (χ1) is 8.08. The lowest BCUT2D eigenvalue weighted by Gasteiger charge is -2.26. The third kappa shape index (κ3) is 4.30. The highest BCUT2D eigenvalue weighted by molar-refractivity contribution is 6.30. The molecule has 1 aromatic rings. The lowest BCUT2D eigenvalue weighted by Crippen LogP contribution is -2.40. The molecule has 17 heavy (non-hydrogen) atoms. The second-order valence-electron chi connectivity index (χ2n) is 4.49. The lowest BCUT2D eigenvalue weighted by atomic mass is 9.99. The molecule has 96 valence electrons. The first kappa shape index (κ1) is 14.5. The summed E-state index contributed by atoms with van der Waals surface area (Å²) in [5.74, 6) is 0. The van der Waals surface area contributed by atoms with Crippen LogP contribution in [0.4, 0.5) is 0 Å². The Morgan fingerprint density at radius 3 is 2.24 bits per heavy atom.